The van der Waals surface area contributed by atoms with E-state index in [1.54, 1.807) is 37.5 Å². The van der Waals surface area contributed by atoms with E-state index < -0.39 is 0 Å². The fourth-order valence-corrected chi connectivity index (χ4v) is 3.76. The van der Waals surface area contributed by atoms with Crippen molar-refractivity contribution in [3.05, 3.63) is 65.2 Å². The molecule has 0 unspecified atom stereocenters. The van der Waals surface area contributed by atoms with Gasteiger partial charge in [0.2, 0.25) is 5.91 Å². The highest BCUT2D eigenvalue weighted by Gasteiger charge is 2.28. The van der Waals surface area contributed by atoms with Crippen LogP contribution >= 0.6 is 0 Å². The molecule has 0 aromatic heterocycles. The molecular weight excluding hydrogens is 388 g/mol. The minimum Gasteiger partial charge on any atom is -0.497 e. The summed E-state index contributed by atoms with van der Waals surface area (Å²) >= 11 is 0. The third-order valence-corrected chi connectivity index (χ3v) is 5.37. The van der Waals surface area contributed by atoms with Gasteiger partial charge in [-0.25, -0.2) is 0 Å². The summed E-state index contributed by atoms with van der Waals surface area (Å²) in [6.45, 7) is 8.42. The van der Waals surface area contributed by atoms with Crippen molar-refractivity contribution < 1.29 is 14.3 Å². The molecule has 0 aliphatic carbocycles. The van der Waals surface area contributed by atoms with Crippen molar-refractivity contribution in [3.8, 4) is 5.75 Å². The Balaban J connectivity index is 1.84. The lowest BCUT2D eigenvalue weighted by Gasteiger charge is -2.35. The van der Waals surface area contributed by atoms with Gasteiger partial charge < -0.3 is 15.4 Å². The van der Waals surface area contributed by atoms with Gasteiger partial charge in [0.25, 0.3) is 0 Å². The number of carbonyl (C=O) groups excluding carboxylic acids is 2. The molecule has 1 amide bonds. The molecule has 0 saturated carbocycles. The number of fused-ring (bicyclic) bond motifs is 1. The highest BCUT2D eigenvalue weighted by molar-refractivity contribution is 6.09. The maximum absolute atomic E-state index is 13.1. The van der Waals surface area contributed by atoms with E-state index in [-0.39, 0.29) is 17.2 Å². The van der Waals surface area contributed by atoms with Crippen molar-refractivity contribution in [2.45, 2.75) is 52.5 Å². The number of hydrogen-bond acceptors (Lipinski definition) is 4. The molecule has 1 heterocycles. The molecule has 0 radical (unpaired) electrons. The van der Waals surface area contributed by atoms with Gasteiger partial charge in [-0.15, -0.1) is 0 Å². The first kappa shape index (κ1) is 22.6. The smallest absolute Gasteiger partial charge is 0.224 e. The number of methoxy groups -OCH3 is 1. The van der Waals surface area contributed by atoms with Gasteiger partial charge in [-0.2, -0.15) is 0 Å². The average molecular weight is 421 g/mol. The zero-order chi connectivity index (χ0) is 22.6. The molecule has 2 aromatic rings. The molecule has 164 valence electrons. The number of nitrogens with one attached hydrogen (secondary N) is 2. The van der Waals surface area contributed by atoms with Crippen LogP contribution in [-0.2, 0) is 11.2 Å². The molecule has 0 atom stereocenters. The zero-order valence-electron chi connectivity index (χ0n) is 19.0. The average Bonchev–Trinajstić information content (AvgIpc) is 2.71. The molecular formula is C26H32N2O3. The minimum atomic E-state index is -0.167. The Bertz CT molecular complexity index is 1010. The van der Waals surface area contributed by atoms with Crippen molar-refractivity contribution in [1.82, 2.24) is 5.32 Å². The summed E-state index contributed by atoms with van der Waals surface area (Å²) in [5, 5.41) is 6.39. The van der Waals surface area contributed by atoms with Crippen LogP contribution in [0.3, 0.4) is 0 Å². The number of amides is 1. The summed E-state index contributed by atoms with van der Waals surface area (Å²) in [5.74, 6) is 1.07. The Labute approximate surface area is 184 Å². The van der Waals surface area contributed by atoms with Gasteiger partial charge in [-0.1, -0.05) is 32.0 Å². The molecule has 0 fully saturated rings. The number of rotatable bonds is 7. The molecule has 2 aromatic carbocycles. The minimum absolute atomic E-state index is 0.0339. The third-order valence-electron chi connectivity index (χ3n) is 5.37. The number of ketones is 1. The first-order valence-corrected chi connectivity index (χ1v) is 10.8. The van der Waals surface area contributed by atoms with E-state index in [0.717, 1.165) is 29.9 Å². The van der Waals surface area contributed by atoms with Crippen LogP contribution in [0.25, 0.3) is 5.70 Å². The standard InChI is InChI=1S/C26H32N2O3/c1-17(2)9-12-25(30)27-20-8-6-7-18(13-20)24(29)15-23-22-14-21(31-5)11-10-19(22)16-26(3,4)28-23/h6-8,10-11,13-15,17,28H,9,12,16H2,1-5H3,(H,27,30). The fraction of sp³-hybridized carbons (Fsp3) is 0.385. The van der Waals surface area contributed by atoms with E-state index >= 15 is 0 Å². The summed E-state index contributed by atoms with van der Waals surface area (Å²) in [7, 11) is 1.64. The molecule has 1 aliphatic heterocycles. The van der Waals surface area contributed by atoms with Crippen molar-refractivity contribution in [2.75, 3.05) is 12.4 Å². The lowest BCUT2D eigenvalue weighted by Crippen LogP contribution is -2.43. The van der Waals surface area contributed by atoms with Gasteiger partial charge in [-0.05, 0) is 62.4 Å². The van der Waals surface area contributed by atoms with Crippen LogP contribution in [0.5, 0.6) is 5.75 Å². The van der Waals surface area contributed by atoms with Crippen molar-refractivity contribution in [1.29, 1.82) is 0 Å². The Morgan fingerprint density at radius 3 is 2.68 bits per heavy atom. The van der Waals surface area contributed by atoms with Gasteiger partial charge in [0.1, 0.15) is 5.75 Å². The second kappa shape index (κ2) is 9.38. The first-order valence-electron chi connectivity index (χ1n) is 10.8. The Morgan fingerprint density at radius 1 is 1.19 bits per heavy atom. The lowest BCUT2D eigenvalue weighted by atomic mass is 9.85. The van der Waals surface area contributed by atoms with E-state index in [1.807, 2.05) is 12.1 Å². The number of anilines is 1. The second-order valence-electron chi connectivity index (χ2n) is 9.19. The van der Waals surface area contributed by atoms with Crippen LogP contribution < -0.4 is 15.4 Å². The van der Waals surface area contributed by atoms with E-state index in [0.29, 0.717) is 23.6 Å². The van der Waals surface area contributed by atoms with Crippen LogP contribution in [0.15, 0.2) is 48.5 Å². The topological polar surface area (TPSA) is 67.4 Å². The van der Waals surface area contributed by atoms with E-state index in [9.17, 15) is 9.59 Å². The van der Waals surface area contributed by atoms with Crippen LogP contribution in [0.4, 0.5) is 5.69 Å². The summed E-state index contributed by atoms with van der Waals surface area (Å²) in [6, 6.07) is 13.1. The SMILES string of the molecule is COc1ccc2c(c1)C(=CC(=O)c1cccc(NC(=O)CCC(C)C)c1)NC(C)(C)C2. The number of carbonyl (C=O) groups is 2. The monoisotopic (exact) mass is 420 g/mol. The second-order valence-corrected chi connectivity index (χ2v) is 9.19. The van der Waals surface area contributed by atoms with E-state index in [2.05, 4.69) is 44.4 Å². The van der Waals surface area contributed by atoms with Crippen molar-refractivity contribution in [2.24, 2.45) is 5.92 Å². The third kappa shape index (κ3) is 5.97. The van der Waals surface area contributed by atoms with Gasteiger partial charge in [0.05, 0.1) is 7.11 Å². The number of hydrogen-bond donors (Lipinski definition) is 2. The fourth-order valence-electron chi connectivity index (χ4n) is 3.76. The van der Waals surface area contributed by atoms with E-state index in [1.165, 1.54) is 5.56 Å². The molecule has 1 aliphatic rings. The summed E-state index contributed by atoms with van der Waals surface area (Å²) in [4.78, 5) is 25.2. The Hall–Kier alpha value is -3.08. The highest BCUT2D eigenvalue weighted by atomic mass is 16.5. The van der Waals surface area contributed by atoms with Gasteiger partial charge >= 0.3 is 0 Å². The lowest BCUT2D eigenvalue weighted by molar-refractivity contribution is -0.116. The molecule has 2 N–H and O–H groups in total. The van der Waals surface area contributed by atoms with Crippen molar-refractivity contribution in [3.63, 3.8) is 0 Å². The molecule has 3 rings (SSSR count). The quantitative estimate of drug-likeness (QED) is 0.476. The summed E-state index contributed by atoms with van der Waals surface area (Å²) < 4.78 is 5.38. The maximum atomic E-state index is 13.1. The van der Waals surface area contributed by atoms with E-state index in [4.69, 9.17) is 4.74 Å². The number of allylic oxidation sites excluding steroid dienone is 1. The maximum Gasteiger partial charge on any atom is 0.224 e. The van der Waals surface area contributed by atoms with Crippen molar-refractivity contribution >= 4 is 23.1 Å². The first-order chi connectivity index (χ1) is 14.7. The molecule has 0 saturated heterocycles. The molecule has 5 heteroatoms. The predicted molar refractivity (Wildman–Crippen MR) is 125 cm³/mol. The van der Waals surface area contributed by atoms with Gasteiger partial charge in [0.15, 0.2) is 5.78 Å². The van der Waals surface area contributed by atoms with Gasteiger partial charge in [-0.3, -0.25) is 9.59 Å². The molecule has 0 bridgehead atoms. The summed E-state index contributed by atoms with van der Waals surface area (Å²) in [6.07, 6.45) is 3.80. The molecule has 31 heavy (non-hydrogen) atoms. The predicted octanol–water partition coefficient (Wildman–Crippen LogP) is 5.22. The van der Waals surface area contributed by atoms with Crippen LogP contribution in [0.2, 0.25) is 0 Å². The van der Waals surface area contributed by atoms with Gasteiger partial charge in [0, 0.05) is 40.5 Å². The zero-order valence-corrected chi connectivity index (χ0v) is 19.0. The highest BCUT2D eigenvalue weighted by Crippen LogP contribution is 2.32. The van der Waals surface area contributed by atoms with Crippen LogP contribution in [-0.4, -0.2) is 24.3 Å². The summed E-state index contributed by atoms with van der Waals surface area (Å²) in [5.41, 5.74) is 3.93. The normalized spacial score (nSPS) is 15.9. The number of ether oxygens (including phenoxy) is 1. The number of benzene rings is 2. The molecule has 0 spiro atoms. The Kier molecular flexibility index (Phi) is 6.84. The molecule has 5 nitrogen and oxygen atoms in total. The van der Waals surface area contributed by atoms with Crippen LogP contribution in [0.1, 0.15) is 62.0 Å². The Morgan fingerprint density at radius 2 is 1.97 bits per heavy atom. The van der Waals surface area contributed by atoms with Crippen LogP contribution in [0, 0.1) is 5.92 Å². The largest absolute Gasteiger partial charge is 0.497 e.